The summed E-state index contributed by atoms with van der Waals surface area (Å²) in [6.07, 6.45) is 2.69. The molecule has 0 aliphatic rings. The summed E-state index contributed by atoms with van der Waals surface area (Å²) in [6.45, 7) is 0. The first-order valence-electron chi connectivity index (χ1n) is 4.96. The lowest BCUT2D eigenvalue weighted by molar-refractivity contribution is 0.600. The second-order valence-electron chi connectivity index (χ2n) is 3.84. The molecule has 9 heteroatoms. The summed E-state index contributed by atoms with van der Waals surface area (Å²) >= 11 is 0. The molecule has 0 spiro atoms. The first-order valence-corrected chi connectivity index (χ1v) is 7.02. The fourth-order valence-electron chi connectivity index (χ4n) is 1.40. The van der Waals surface area contributed by atoms with Crippen LogP contribution in [0.5, 0.6) is 0 Å². The van der Waals surface area contributed by atoms with Crippen LogP contribution < -0.4 is 11.5 Å². The van der Waals surface area contributed by atoms with Crippen molar-refractivity contribution >= 4 is 21.5 Å². The van der Waals surface area contributed by atoms with Gasteiger partial charge in [0.05, 0.1) is 11.4 Å². The van der Waals surface area contributed by atoms with Gasteiger partial charge in [0, 0.05) is 24.6 Å². The van der Waals surface area contributed by atoms with Gasteiger partial charge in [-0.25, -0.2) is 18.1 Å². The van der Waals surface area contributed by atoms with E-state index in [4.69, 9.17) is 11.5 Å². The van der Waals surface area contributed by atoms with Crippen LogP contribution in [0.2, 0.25) is 0 Å². The molecule has 0 aliphatic heterocycles. The zero-order chi connectivity index (χ0) is 13.3. The van der Waals surface area contributed by atoms with Crippen LogP contribution in [0.15, 0.2) is 18.3 Å². The van der Waals surface area contributed by atoms with E-state index in [-0.39, 0.29) is 17.5 Å². The lowest BCUT2D eigenvalue weighted by atomic mass is 10.4. The zero-order valence-electron chi connectivity index (χ0n) is 9.61. The third-order valence-corrected chi connectivity index (χ3v) is 2.83. The van der Waals surface area contributed by atoms with Crippen LogP contribution in [0.4, 0.5) is 11.6 Å². The number of nitrogens with zero attached hydrogens (tertiary/aromatic N) is 4. The Balaban J connectivity index is 2.44. The topological polar surface area (TPSA) is 130 Å². The molecule has 2 aromatic heterocycles. The van der Waals surface area contributed by atoms with Crippen molar-refractivity contribution in [1.29, 1.82) is 0 Å². The van der Waals surface area contributed by atoms with E-state index in [1.807, 2.05) is 0 Å². The Morgan fingerprint density at radius 1 is 1.28 bits per heavy atom. The van der Waals surface area contributed by atoms with E-state index in [2.05, 4.69) is 15.1 Å². The molecular formula is C9H12N6O2S. The predicted octanol–water partition coefficient (Wildman–Crippen LogP) is -0.629. The van der Waals surface area contributed by atoms with Gasteiger partial charge in [-0.15, -0.1) is 5.10 Å². The Morgan fingerprint density at radius 3 is 2.56 bits per heavy atom. The largest absolute Gasteiger partial charge is 0.384 e. The van der Waals surface area contributed by atoms with Crippen molar-refractivity contribution in [3.63, 3.8) is 0 Å². The van der Waals surface area contributed by atoms with Crippen LogP contribution in [0.3, 0.4) is 0 Å². The molecule has 0 atom stereocenters. The fourth-order valence-corrected chi connectivity index (χ4v) is 2.08. The van der Waals surface area contributed by atoms with Crippen molar-refractivity contribution < 1.29 is 8.42 Å². The minimum absolute atomic E-state index is 0.174. The predicted molar refractivity (Wildman–Crippen MR) is 66.5 cm³/mol. The van der Waals surface area contributed by atoms with Gasteiger partial charge in [0.15, 0.2) is 9.84 Å². The van der Waals surface area contributed by atoms with E-state index >= 15 is 0 Å². The number of nitrogens with two attached hydrogens (primary N) is 2. The summed E-state index contributed by atoms with van der Waals surface area (Å²) in [5.41, 5.74) is 11.4. The molecule has 4 N–H and O–H groups in total. The molecule has 2 heterocycles. The molecule has 2 rings (SSSR count). The number of sulfone groups is 1. The van der Waals surface area contributed by atoms with Crippen molar-refractivity contribution in [3.8, 4) is 5.95 Å². The van der Waals surface area contributed by atoms with Crippen LogP contribution in [0.1, 0.15) is 5.69 Å². The Hall–Kier alpha value is -2.16. The molecule has 0 aromatic carbocycles. The summed E-state index contributed by atoms with van der Waals surface area (Å²) in [6, 6.07) is 2.99. The summed E-state index contributed by atoms with van der Waals surface area (Å²) in [7, 11) is -3.19. The van der Waals surface area contributed by atoms with Crippen molar-refractivity contribution in [2.45, 2.75) is 5.75 Å². The van der Waals surface area contributed by atoms with E-state index in [0.717, 1.165) is 6.26 Å². The molecule has 0 fully saturated rings. The van der Waals surface area contributed by atoms with Crippen LogP contribution in [-0.2, 0) is 15.6 Å². The van der Waals surface area contributed by atoms with Crippen molar-refractivity contribution in [2.75, 3.05) is 17.7 Å². The van der Waals surface area contributed by atoms with Gasteiger partial charge in [-0.2, -0.15) is 4.98 Å². The average molecular weight is 268 g/mol. The summed E-state index contributed by atoms with van der Waals surface area (Å²) < 4.78 is 23.8. The number of rotatable bonds is 3. The molecule has 0 saturated carbocycles. The highest BCUT2D eigenvalue weighted by molar-refractivity contribution is 7.89. The highest BCUT2D eigenvalue weighted by Crippen LogP contribution is 2.10. The molecule has 0 bridgehead atoms. The van der Waals surface area contributed by atoms with E-state index < -0.39 is 9.84 Å². The standard InChI is InChI=1S/C9H12N6O2S/c1-18(16,17)5-6-4-8(11)13-9(12-6)15-3-2-7(10)14-15/h2-4H,5H2,1H3,(H2,10,14)(H2,11,12,13). The first-order chi connectivity index (χ1) is 8.33. The van der Waals surface area contributed by atoms with Crippen molar-refractivity contribution in [1.82, 2.24) is 19.7 Å². The minimum Gasteiger partial charge on any atom is -0.384 e. The smallest absolute Gasteiger partial charge is 0.252 e. The second-order valence-corrected chi connectivity index (χ2v) is 5.98. The molecule has 0 amide bonds. The van der Waals surface area contributed by atoms with Gasteiger partial charge in [0.2, 0.25) is 0 Å². The number of hydrogen-bond donors (Lipinski definition) is 2. The third kappa shape index (κ3) is 2.94. The van der Waals surface area contributed by atoms with E-state index in [9.17, 15) is 8.42 Å². The minimum atomic E-state index is -3.19. The van der Waals surface area contributed by atoms with Gasteiger partial charge in [0.1, 0.15) is 11.6 Å². The Bertz CT molecular complexity index is 678. The van der Waals surface area contributed by atoms with Gasteiger partial charge in [0.25, 0.3) is 5.95 Å². The maximum Gasteiger partial charge on any atom is 0.252 e. The average Bonchev–Trinajstić information content (AvgIpc) is 2.61. The van der Waals surface area contributed by atoms with Gasteiger partial charge in [-0.3, -0.25) is 0 Å². The monoisotopic (exact) mass is 268 g/mol. The molecule has 2 aromatic rings. The van der Waals surface area contributed by atoms with Crippen LogP contribution in [0, 0.1) is 0 Å². The zero-order valence-corrected chi connectivity index (χ0v) is 10.4. The fraction of sp³-hybridized carbons (Fsp3) is 0.222. The van der Waals surface area contributed by atoms with Crippen molar-refractivity contribution in [2.24, 2.45) is 0 Å². The normalized spacial score (nSPS) is 11.6. The highest BCUT2D eigenvalue weighted by Gasteiger charge is 2.10. The SMILES string of the molecule is CS(=O)(=O)Cc1cc(N)nc(-n2ccc(N)n2)n1. The van der Waals surface area contributed by atoms with E-state index in [1.54, 1.807) is 12.3 Å². The second kappa shape index (κ2) is 4.26. The number of anilines is 2. The van der Waals surface area contributed by atoms with E-state index in [0.29, 0.717) is 11.5 Å². The lowest BCUT2D eigenvalue weighted by Gasteiger charge is -2.04. The Kier molecular flexibility index (Phi) is 2.91. The van der Waals surface area contributed by atoms with Crippen LogP contribution >= 0.6 is 0 Å². The lowest BCUT2D eigenvalue weighted by Crippen LogP contribution is -2.10. The molecule has 18 heavy (non-hydrogen) atoms. The Morgan fingerprint density at radius 2 is 2.00 bits per heavy atom. The third-order valence-electron chi connectivity index (χ3n) is 2.01. The molecule has 0 saturated heterocycles. The van der Waals surface area contributed by atoms with Crippen LogP contribution in [-0.4, -0.2) is 34.4 Å². The van der Waals surface area contributed by atoms with Gasteiger partial charge in [-0.05, 0) is 0 Å². The van der Waals surface area contributed by atoms with Crippen molar-refractivity contribution in [3.05, 3.63) is 24.0 Å². The number of hydrogen-bond acceptors (Lipinski definition) is 7. The molecule has 0 unspecified atom stereocenters. The molecule has 8 nitrogen and oxygen atoms in total. The maximum atomic E-state index is 11.2. The Labute approximate surface area is 104 Å². The van der Waals surface area contributed by atoms with Gasteiger partial charge >= 0.3 is 0 Å². The number of nitrogen functional groups attached to an aromatic ring is 2. The molecule has 0 aliphatic carbocycles. The first kappa shape index (κ1) is 12.3. The summed E-state index contributed by atoms with van der Waals surface area (Å²) in [5, 5.41) is 3.92. The van der Waals surface area contributed by atoms with E-state index in [1.165, 1.54) is 10.7 Å². The van der Waals surface area contributed by atoms with Gasteiger partial charge in [-0.1, -0.05) is 0 Å². The molecule has 96 valence electrons. The van der Waals surface area contributed by atoms with Gasteiger partial charge < -0.3 is 11.5 Å². The quantitative estimate of drug-likeness (QED) is 0.757. The molecule has 0 radical (unpaired) electrons. The van der Waals surface area contributed by atoms with Crippen LogP contribution in [0.25, 0.3) is 5.95 Å². The summed E-state index contributed by atoms with van der Waals surface area (Å²) in [4.78, 5) is 8.04. The molecular weight excluding hydrogens is 256 g/mol. The number of aromatic nitrogens is 4. The maximum absolute atomic E-state index is 11.2. The highest BCUT2D eigenvalue weighted by atomic mass is 32.2. The summed E-state index contributed by atoms with van der Waals surface area (Å²) in [5.74, 6) is 0.465.